The van der Waals surface area contributed by atoms with Gasteiger partial charge in [-0.15, -0.1) is 0 Å². The molecule has 0 saturated carbocycles. The lowest BCUT2D eigenvalue weighted by Crippen LogP contribution is -2.23. The molecule has 19 heavy (non-hydrogen) atoms. The second kappa shape index (κ2) is 6.36. The molecule has 1 atom stereocenters. The van der Waals surface area contributed by atoms with Crippen LogP contribution in [0.2, 0.25) is 0 Å². The third-order valence-electron chi connectivity index (χ3n) is 3.73. The first kappa shape index (κ1) is 14.3. The number of benzene rings is 1. The van der Waals surface area contributed by atoms with Crippen LogP contribution in [0.5, 0.6) is 0 Å². The number of nitrogens with one attached hydrogen (secondary N) is 1. The molecular weight excluding hydrogens is 250 g/mol. The molecule has 0 aliphatic heterocycles. The van der Waals surface area contributed by atoms with Gasteiger partial charge in [-0.2, -0.15) is 11.3 Å². The SMILES string of the molecule is CCNC(Cc1ccc(C)c(C)c1)c1cscc1C. The predicted octanol–water partition coefficient (Wildman–Crippen LogP) is 4.57. The molecular formula is C17H23NS. The molecule has 0 radical (unpaired) electrons. The van der Waals surface area contributed by atoms with E-state index < -0.39 is 0 Å². The summed E-state index contributed by atoms with van der Waals surface area (Å²) in [4.78, 5) is 0. The minimum atomic E-state index is 0.429. The van der Waals surface area contributed by atoms with Crippen LogP contribution in [-0.2, 0) is 6.42 Å². The van der Waals surface area contributed by atoms with Crippen LogP contribution in [0.1, 0.15) is 40.8 Å². The molecule has 0 spiro atoms. The molecule has 1 nitrogen and oxygen atoms in total. The molecule has 2 heteroatoms. The van der Waals surface area contributed by atoms with Crippen molar-refractivity contribution in [3.05, 3.63) is 56.8 Å². The van der Waals surface area contributed by atoms with Gasteiger partial charge in [0.15, 0.2) is 0 Å². The van der Waals surface area contributed by atoms with Gasteiger partial charge in [0.25, 0.3) is 0 Å². The first-order chi connectivity index (χ1) is 9.11. The highest BCUT2D eigenvalue weighted by Gasteiger charge is 2.14. The second-order valence-corrected chi connectivity index (χ2v) is 5.99. The summed E-state index contributed by atoms with van der Waals surface area (Å²) >= 11 is 1.80. The fourth-order valence-electron chi connectivity index (χ4n) is 2.43. The molecule has 0 fully saturated rings. The first-order valence-electron chi connectivity index (χ1n) is 6.94. The predicted molar refractivity (Wildman–Crippen MR) is 85.1 cm³/mol. The topological polar surface area (TPSA) is 12.0 Å². The van der Waals surface area contributed by atoms with E-state index >= 15 is 0 Å². The molecule has 2 rings (SSSR count). The number of rotatable bonds is 5. The van der Waals surface area contributed by atoms with Crippen LogP contribution in [-0.4, -0.2) is 6.54 Å². The highest BCUT2D eigenvalue weighted by Crippen LogP contribution is 2.25. The van der Waals surface area contributed by atoms with E-state index in [2.05, 4.69) is 62.0 Å². The molecule has 1 aromatic carbocycles. The Morgan fingerprint density at radius 2 is 1.84 bits per heavy atom. The third-order valence-corrected chi connectivity index (χ3v) is 4.61. The van der Waals surface area contributed by atoms with Gasteiger partial charge in [-0.25, -0.2) is 0 Å². The summed E-state index contributed by atoms with van der Waals surface area (Å²) in [5, 5.41) is 8.13. The summed E-state index contributed by atoms with van der Waals surface area (Å²) in [5.74, 6) is 0. The summed E-state index contributed by atoms with van der Waals surface area (Å²) in [5.41, 5.74) is 7.02. The Kier molecular flexibility index (Phi) is 4.78. The van der Waals surface area contributed by atoms with E-state index in [-0.39, 0.29) is 0 Å². The number of thiophene rings is 1. The van der Waals surface area contributed by atoms with Gasteiger partial charge in [0.05, 0.1) is 0 Å². The Bertz CT molecular complexity index is 542. The monoisotopic (exact) mass is 273 g/mol. The van der Waals surface area contributed by atoms with E-state index in [1.54, 1.807) is 11.3 Å². The normalized spacial score (nSPS) is 12.6. The molecule has 2 aromatic rings. The molecule has 1 N–H and O–H groups in total. The molecule has 1 aromatic heterocycles. The van der Waals surface area contributed by atoms with Crippen LogP contribution >= 0.6 is 11.3 Å². The fourth-order valence-corrected chi connectivity index (χ4v) is 3.34. The smallest absolute Gasteiger partial charge is 0.0371 e. The third kappa shape index (κ3) is 3.46. The summed E-state index contributed by atoms with van der Waals surface area (Å²) in [6.07, 6.45) is 1.06. The lowest BCUT2D eigenvalue weighted by molar-refractivity contribution is 0.549. The van der Waals surface area contributed by atoms with Gasteiger partial charge in [-0.3, -0.25) is 0 Å². The standard InChI is InChI=1S/C17H23NS/c1-5-18-17(16-11-19-10-14(16)4)9-15-7-6-12(2)13(3)8-15/h6-8,10-11,17-18H,5,9H2,1-4H3. The van der Waals surface area contributed by atoms with Gasteiger partial charge < -0.3 is 5.32 Å². The van der Waals surface area contributed by atoms with Gasteiger partial charge >= 0.3 is 0 Å². The zero-order chi connectivity index (χ0) is 13.8. The quantitative estimate of drug-likeness (QED) is 0.841. The molecule has 0 bridgehead atoms. The number of aryl methyl sites for hydroxylation is 3. The Balaban J connectivity index is 2.21. The number of likely N-dealkylation sites (N-methyl/N-ethyl adjacent to an activating group) is 1. The van der Waals surface area contributed by atoms with Crippen molar-refractivity contribution in [2.75, 3.05) is 6.54 Å². The Morgan fingerprint density at radius 3 is 2.42 bits per heavy atom. The van der Waals surface area contributed by atoms with Crippen molar-refractivity contribution in [3.63, 3.8) is 0 Å². The molecule has 1 unspecified atom stereocenters. The lowest BCUT2D eigenvalue weighted by atomic mass is 9.96. The van der Waals surface area contributed by atoms with Crippen LogP contribution < -0.4 is 5.32 Å². The maximum absolute atomic E-state index is 3.62. The zero-order valence-electron chi connectivity index (χ0n) is 12.3. The average Bonchev–Trinajstić information content (AvgIpc) is 2.79. The maximum Gasteiger partial charge on any atom is 0.0371 e. The molecule has 102 valence electrons. The van der Waals surface area contributed by atoms with Crippen molar-refractivity contribution in [2.45, 2.75) is 40.2 Å². The summed E-state index contributed by atoms with van der Waals surface area (Å²) in [7, 11) is 0. The van der Waals surface area contributed by atoms with Gasteiger partial charge in [-0.05, 0) is 72.3 Å². The summed E-state index contributed by atoms with van der Waals surface area (Å²) in [6.45, 7) is 9.75. The first-order valence-corrected chi connectivity index (χ1v) is 7.88. The number of hydrogen-bond acceptors (Lipinski definition) is 2. The highest BCUT2D eigenvalue weighted by atomic mass is 32.1. The van der Waals surface area contributed by atoms with Crippen LogP contribution in [0.25, 0.3) is 0 Å². The van der Waals surface area contributed by atoms with Crippen molar-refractivity contribution < 1.29 is 0 Å². The molecule has 0 amide bonds. The van der Waals surface area contributed by atoms with Crippen molar-refractivity contribution >= 4 is 11.3 Å². The minimum Gasteiger partial charge on any atom is -0.310 e. The van der Waals surface area contributed by atoms with Crippen molar-refractivity contribution in [1.29, 1.82) is 0 Å². The minimum absolute atomic E-state index is 0.429. The molecule has 0 aliphatic carbocycles. The molecule has 0 aliphatic rings. The van der Waals surface area contributed by atoms with Crippen molar-refractivity contribution in [2.24, 2.45) is 0 Å². The highest BCUT2D eigenvalue weighted by molar-refractivity contribution is 7.08. The summed E-state index contributed by atoms with van der Waals surface area (Å²) < 4.78 is 0. The van der Waals surface area contributed by atoms with E-state index in [1.165, 1.54) is 27.8 Å². The maximum atomic E-state index is 3.62. The van der Waals surface area contributed by atoms with Crippen molar-refractivity contribution in [1.82, 2.24) is 5.32 Å². The van der Waals surface area contributed by atoms with Gasteiger partial charge in [-0.1, -0.05) is 25.1 Å². The van der Waals surface area contributed by atoms with E-state index in [9.17, 15) is 0 Å². The Morgan fingerprint density at radius 1 is 1.05 bits per heavy atom. The van der Waals surface area contributed by atoms with E-state index in [1.807, 2.05) is 0 Å². The molecule has 1 heterocycles. The van der Waals surface area contributed by atoms with E-state index in [4.69, 9.17) is 0 Å². The van der Waals surface area contributed by atoms with Crippen LogP contribution in [0, 0.1) is 20.8 Å². The van der Waals surface area contributed by atoms with Crippen LogP contribution in [0.4, 0.5) is 0 Å². The fraction of sp³-hybridized carbons (Fsp3) is 0.412. The molecule has 0 saturated heterocycles. The van der Waals surface area contributed by atoms with Crippen LogP contribution in [0.3, 0.4) is 0 Å². The van der Waals surface area contributed by atoms with Crippen molar-refractivity contribution in [3.8, 4) is 0 Å². The zero-order valence-corrected chi connectivity index (χ0v) is 13.1. The van der Waals surface area contributed by atoms with E-state index in [0.29, 0.717) is 6.04 Å². The van der Waals surface area contributed by atoms with E-state index in [0.717, 1.165) is 13.0 Å². The Hall–Kier alpha value is -1.12. The van der Waals surface area contributed by atoms with Crippen LogP contribution in [0.15, 0.2) is 29.0 Å². The lowest BCUT2D eigenvalue weighted by Gasteiger charge is -2.19. The number of hydrogen-bond donors (Lipinski definition) is 1. The largest absolute Gasteiger partial charge is 0.310 e. The summed E-state index contributed by atoms with van der Waals surface area (Å²) in [6, 6.07) is 7.24. The average molecular weight is 273 g/mol. The van der Waals surface area contributed by atoms with Gasteiger partial charge in [0.1, 0.15) is 0 Å². The Labute approximate surface area is 120 Å². The second-order valence-electron chi connectivity index (χ2n) is 5.24. The van der Waals surface area contributed by atoms with Gasteiger partial charge in [0.2, 0.25) is 0 Å². The van der Waals surface area contributed by atoms with Gasteiger partial charge in [0, 0.05) is 6.04 Å².